The molecule has 7 heteroatoms. The average Bonchev–Trinajstić information content (AvgIpc) is 3.19. The second kappa shape index (κ2) is 5.83. The largest absolute Gasteiger partial charge is 0.377 e. The second-order valence-electron chi connectivity index (χ2n) is 4.90. The number of likely N-dealkylation sites (N-methyl/N-ethyl adjacent to an activating group) is 1. The molecule has 1 unspecified atom stereocenters. The molecule has 1 N–H and O–H groups in total. The van der Waals surface area contributed by atoms with E-state index in [0.29, 0.717) is 28.8 Å². The van der Waals surface area contributed by atoms with E-state index in [2.05, 4.69) is 45.1 Å². The number of nitro groups is 1. The van der Waals surface area contributed by atoms with Crippen LogP contribution in [0, 0.1) is 10.1 Å². The molecule has 0 amide bonds. The molecule has 1 aromatic rings. The molecule has 0 aromatic carbocycles. The quantitative estimate of drug-likeness (QED) is 0.642. The van der Waals surface area contributed by atoms with Gasteiger partial charge in [0.1, 0.15) is 11.9 Å². The molecule has 0 saturated heterocycles. The fourth-order valence-corrected chi connectivity index (χ4v) is 2.44. The molecule has 1 atom stereocenters. The van der Waals surface area contributed by atoms with Gasteiger partial charge in [0.05, 0.1) is 9.40 Å². The van der Waals surface area contributed by atoms with Gasteiger partial charge in [0.15, 0.2) is 0 Å². The Morgan fingerprint density at radius 3 is 2.89 bits per heavy atom. The van der Waals surface area contributed by atoms with Gasteiger partial charge < -0.3 is 5.32 Å². The van der Waals surface area contributed by atoms with Crippen molar-refractivity contribution in [2.45, 2.75) is 31.8 Å². The highest BCUT2D eigenvalue weighted by Crippen LogP contribution is 2.31. The van der Waals surface area contributed by atoms with E-state index in [1.807, 2.05) is 0 Å². The van der Waals surface area contributed by atoms with Gasteiger partial charge >= 0.3 is 5.69 Å². The summed E-state index contributed by atoms with van der Waals surface area (Å²) in [5, 5.41) is 14.1. The minimum atomic E-state index is -0.421. The van der Waals surface area contributed by atoms with Gasteiger partial charge in [-0.2, -0.15) is 0 Å². The fourth-order valence-electron chi connectivity index (χ4n) is 1.97. The van der Waals surface area contributed by atoms with E-state index in [1.54, 1.807) is 6.20 Å². The normalized spacial score (nSPS) is 16.4. The van der Waals surface area contributed by atoms with E-state index < -0.39 is 4.92 Å². The molecule has 104 valence electrons. The van der Waals surface area contributed by atoms with Crippen LogP contribution in [0.1, 0.15) is 19.8 Å². The summed E-state index contributed by atoms with van der Waals surface area (Å²) in [6.07, 6.45) is 5.33. The number of hydrogen-bond donors (Lipinski definition) is 1. The minimum absolute atomic E-state index is 0.00403. The summed E-state index contributed by atoms with van der Waals surface area (Å²) >= 11 is 3.30. The Kier molecular flexibility index (Phi) is 4.36. The lowest BCUT2D eigenvalue weighted by molar-refractivity contribution is -0.384. The van der Waals surface area contributed by atoms with Crippen molar-refractivity contribution in [3.63, 3.8) is 0 Å². The van der Waals surface area contributed by atoms with Crippen molar-refractivity contribution in [2.75, 3.05) is 18.9 Å². The monoisotopic (exact) mass is 328 g/mol. The molecule has 1 fully saturated rings. The lowest BCUT2D eigenvalue weighted by Crippen LogP contribution is -2.36. The molecular formula is C12H17BrN4O2. The molecule has 1 aromatic heterocycles. The Morgan fingerprint density at radius 2 is 2.32 bits per heavy atom. The van der Waals surface area contributed by atoms with Crippen molar-refractivity contribution in [2.24, 2.45) is 0 Å². The van der Waals surface area contributed by atoms with Crippen molar-refractivity contribution in [3.05, 3.63) is 27.0 Å². The number of anilines is 1. The lowest BCUT2D eigenvalue weighted by atomic mass is 10.2. The Labute approximate surface area is 120 Å². The van der Waals surface area contributed by atoms with Gasteiger partial charge in [-0.05, 0) is 42.7 Å². The van der Waals surface area contributed by atoms with E-state index in [9.17, 15) is 10.1 Å². The first-order valence-corrected chi connectivity index (χ1v) is 7.03. The topological polar surface area (TPSA) is 71.3 Å². The third-order valence-electron chi connectivity index (χ3n) is 3.47. The van der Waals surface area contributed by atoms with Crippen LogP contribution in [0.25, 0.3) is 0 Å². The lowest BCUT2D eigenvalue weighted by Gasteiger charge is -2.25. The maximum absolute atomic E-state index is 11.0. The molecule has 1 heterocycles. The first-order chi connectivity index (χ1) is 9.00. The smallest absolute Gasteiger partial charge is 0.311 e. The molecule has 0 bridgehead atoms. The van der Waals surface area contributed by atoms with Gasteiger partial charge in [-0.1, -0.05) is 0 Å². The Morgan fingerprint density at radius 1 is 1.63 bits per heavy atom. The maximum atomic E-state index is 11.0. The van der Waals surface area contributed by atoms with Crippen LogP contribution < -0.4 is 5.32 Å². The molecule has 1 aliphatic carbocycles. The van der Waals surface area contributed by atoms with Gasteiger partial charge in [0.25, 0.3) is 0 Å². The minimum Gasteiger partial charge on any atom is -0.377 e. The van der Waals surface area contributed by atoms with Crippen LogP contribution in [-0.4, -0.2) is 40.5 Å². The van der Waals surface area contributed by atoms with E-state index in [-0.39, 0.29) is 5.69 Å². The molecular weight excluding hydrogens is 312 g/mol. The van der Waals surface area contributed by atoms with E-state index in [4.69, 9.17) is 0 Å². The van der Waals surface area contributed by atoms with Crippen LogP contribution in [0.5, 0.6) is 0 Å². The molecule has 2 rings (SSSR count). The van der Waals surface area contributed by atoms with Crippen molar-refractivity contribution < 1.29 is 4.92 Å². The summed E-state index contributed by atoms with van der Waals surface area (Å²) in [5.41, 5.74) is 0.492. The Bertz CT molecular complexity index is 479. The van der Waals surface area contributed by atoms with Crippen LogP contribution >= 0.6 is 15.9 Å². The number of hydrogen-bond acceptors (Lipinski definition) is 5. The van der Waals surface area contributed by atoms with Gasteiger partial charge in [-0.3, -0.25) is 20.0 Å². The van der Waals surface area contributed by atoms with Crippen LogP contribution in [0.15, 0.2) is 16.9 Å². The zero-order valence-corrected chi connectivity index (χ0v) is 12.6. The van der Waals surface area contributed by atoms with Crippen LogP contribution in [0.4, 0.5) is 11.4 Å². The van der Waals surface area contributed by atoms with Crippen molar-refractivity contribution in [3.8, 4) is 0 Å². The molecule has 1 aliphatic rings. The van der Waals surface area contributed by atoms with Crippen LogP contribution in [0.3, 0.4) is 0 Å². The molecule has 1 saturated carbocycles. The van der Waals surface area contributed by atoms with Crippen LogP contribution in [0.2, 0.25) is 0 Å². The number of halogens is 1. The average molecular weight is 329 g/mol. The highest BCUT2D eigenvalue weighted by Gasteiger charge is 2.29. The van der Waals surface area contributed by atoms with E-state index in [1.165, 1.54) is 19.0 Å². The summed E-state index contributed by atoms with van der Waals surface area (Å²) < 4.78 is 0.614. The number of pyridine rings is 1. The second-order valence-corrected chi connectivity index (χ2v) is 5.75. The predicted octanol–water partition coefficient (Wildman–Crippen LogP) is 2.65. The maximum Gasteiger partial charge on any atom is 0.311 e. The van der Waals surface area contributed by atoms with Crippen molar-refractivity contribution in [1.29, 1.82) is 0 Å². The fraction of sp³-hybridized carbons (Fsp3) is 0.583. The van der Waals surface area contributed by atoms with Crippen molar-refractivity contribution >= 4 is 27.3 Å². The number of aromatic nitrogens is 1. The molecule has 0 aliphatic heterocycles. The molecule has 6 nitrogen and oxygen atoms in total. The van der Waals surface area contributed by atoms with E-state index >= 15 is 0 Å². The number of rotatable bonds is 6. The molecule has 0 radical (unpaired) electrons. The summed E-state index contributed by atoms with van der Waals surface area (Å²) in [5.74, 6) is 0. The number of nitrogens with zero attached hydrogens (tertiary/aromatic N) is 3. The number of nitrogens with one attached hydrogen (secondary N) is 1. The van der Waals surface area contributed by atoms with Gasteiger partial charge in [0, 0.05) is 24.8 Å². The summed E-state index contributed by atoms with van der Waals surface area (Å²) in [4.78, 5) is 16.7. The summed E-state index contributed by atoms with van der Waals surface area (Å²) in [7, 11) is 2.10. The molecule has 19 heavy (non-hydrogen) atoms. The summed E-state index contributed by atoms with van der Waals surface area (Å²) in [6.45, 7) is 2.78. The Balaban J connectivity index is 2.04. The third kappa shape index (κ3) is 3.42. The van der Waals surface area contributed by atoms with Gasteiger partial charge in [-0.25, -0.2) is 0 Å². The van der Waals surface area contributed by atoms with Crippen molar-refractivity contribution in [1.82, 2.24) is 9.88 Å². The highest BCUT2D eigenvalue weighted by atomic mass is 79.9. The zero-order chi connectivity index (χ0) is 14.0. The zero-order valence-electron chi connectivity index (χ0n) is 11.0. The summed E-state index contributed by atoms with van der Waals surface area (Å²) in [6, 6.07) is 1.000. The third-order valence-corrected chi connectivity index (χ3v) is 4.07. The Hall–Kier alpha value is -1.21. The first-order valence-electron chi connectivity index (χ1n) is 6.24. The van der Waals surface area contributed by atoms with Gasteiger partial charge in [0.2, 0.25) is 0 Å². The first kappa shape index (κ1) is 14.2. The van der Waals surface area contributed by atoms with E-state index in [0.717, 1.165) is 0 Å². The van der Waals surface area contributed by atoms with Crippen LogP contribution in [-0.2, 0) is 0 Å². The van der Waals surface area contributed by atoms with Gasteiger partial charge in [-0.15, -0.1) is 0 Å². The SMILES string of the molecule is CC(CNc1c(Br)cncc1[N+](=O)[O-])N(C)C1CC1. The predicted molar refractivity (Wildman–Crippen MR) is 77.3 cm³/mol. The molecule has 0 spiro atoms. The standard InChI is InChI=1S/C12H17BrN4O2/c1-8(16(2)9-3-4-9)5-15-12-10(13)6-14-7-11(12)17(18)19/h6-9H,3-5H2,1-2H3,(H,14,15). The highest BCUT2D eigenvalue weighted by molar-refractivity contribution is 9.10.